The van der Waals surface area contributed by atoms with Gasteiger partial charge in [0.25, 0.3) is 5.91 Å². The minimum absolute atomic E-state index is 0.0277. The van der Waals surface area contributed by atoms with E-state index >= 15 is 0 Å². The highest BCUT2D eigenvalue weighted by Gasteiger charge is 2.17. The number of nitrogens with zero attached hydrogens (tertiary/aromatic N) is 4. The molecule has 3 aromatic heterocycles. The van der Waals surface area contributed by atoms with Crippen LogP contribution in [0.3, 0.4) is 0 Å². The summed E-state index contributed by atoms with van der Waals surface area (Å²) in [5.74, 6) is 0.122. The Kier molecular flexibility index (Phi) is 4.85. The monoisotopic (exact) mass is 390 g/mol. The van der Waals surface area contributed by atoms with Gasteiger partial charge in [0, 0.05) is 24.3 Å². The third-order valence-electron chi connectivity index (χ3n) is 4.78. The van der Waals surface area contributed by atoms with Gasteiger partial charge in [-0.3, -0.25) is 14.0 Å². The van der Waals surface area contributed by atoms with Crippen molar-refractivity contribution in [2.75, 3.05) is 27.2 Å². The highest BCUT2D eigenvalue weighted by molar-refractivity contribution is 5.95. The topological polar surface area (TPSA) is 95.4 Å². The average molecular weight is 390 g/mol. The van der Waals surface area contributed by atoms with Gasteiger partial charge in [0.1, 0.15) is 0 Å². The van der Waals surface area contributed by atoms with Crippen LogP contribution in [0.4, 0.5) is 0 Å². The van der Waals surface area contributed by atoms with Gasteiger partial charge in [0.05, 0.1) is 23.4 Å². The van der Waals surface area contributed by atoms with Gasteiger partial charge in [-0.25, -0.2) is 9.97 Å². The molecular formula is C21H22N6O2. The van der Waals surface area contributed by atoms with Gasteiger partial charge < -0.3 is 15.2 Å². The van der Waals surface area contributed by atoms with Crippen molar-refractivity contribution in [2.24, 2.45) is 0 Å². The lowest BCUT2D eigenvalue weighted by Crippen LogP contribution is -2.32. The molecule has 3 heterocycles. The van der Waals surface area contributed by atoms with E-state index in [1.807, 2.05) is 37.2 Å². The van der Waals surface area contributed by atoms with Gasteiger partial charge in [0.15, 0.2) is 11.4 Å². The molecular weight excluding hydrogens is 368 g/mol. The Hall–Kier alpha value is -3.52. The van der Waals surface area contributed by atoms with Crippen LogP contribution in [-0.2, 0) is 0 Å². The van der Waals surface area contributed by atoms with Crippen molar-refractivity contribution in [1.29, 1.82) is 0 Å². The molecule has 0 saturated carbocycles. The maximum atomic E-state index is 12.6. The number of ketones is 1. The number of likely N-dealkylation sites (N-methyl/N-ethyl adjacent to an activating group) is 1. The first-order valence-corrected chi connectivity index (χ1v) is 9.33. The number of nitrogens with one attached hydrogen (secondary N) is 2. The van der Waals surface area contributed by atoms with Gasteiger partial charge in [-0.1, -0.05) is 24.3 Å². The molecule has 0 aliphatic rings. The molecule has 8 heteroatoms. The van der Waals surface area contributed by atoms with Crippen molar-refractivity contribution in [3.8, 4) is 11.3 Å². The molecule has 1 aromatic carbocycles. The zero-order valence-corrected chi connectivity index (χ0v) is 16.6. The molecule has 0 bridgehead atoms. The van der Waals surface area contributed by atoms with Crippen LogP contribution in [0.5, 0.6) is 0 Å². The van der Waals surface area contributed by atoms with Crippen LogP contribution in [-0.4, -0.2) is 63.1 Å². The third-order valence-corrected chi connectivity index (χ3v) is 4.78. The van der Waals surface area contributed by atoms with Crippen LogP contribution in [0, 0.1) is 0 Å². The van der Waals surface area contributed by atoms with E-state index < -0.39 is 0 Å². The Morgan fingerprint density at radius 1 is 1.14 bits per heavy atom. The molecule has 4 aromatic rings. The van der Waals surface area contributed by atoms with E-state index in [2.05, 4.69) is 20.3 Å². The molecule has 2 N–H and O–H groups in total. The van der Waals surface area contributed by atoms with Crippen molar-refractivity contribution in [1.82, 2.24) is 29.6 Å². The van der Waals surface area contributed by atoms with Crippen molar-refractivity contribution in [3.63, 3.8) is 0 Å². The van der Waals surface area contributed by atoms with Gasteiger partial charge >= 0.3 is 0 Å². The predicted molar refractivity (Wildman–Crippen MR) is 111 cm³/mol. The van der Waals surface area contributed by atoms with Crippen LogP contribution >= 0.6 is 0 Å². The molecule has 1 amide bonds. The van der Waals surface area contributed by atoms with E-state index in [1.54, 1.807) is 35.9 Å². The summed E-state index contributed by atoms with van der Waals surface area (Å²) >= 11 is 0. The Balaban J connectivity index is 1.72. The van der Waals surface area contributed by atoms with Crippen LogP contribution in [0.25, 0.3) is 27.9 Å². The number of benzene rings is 1. The summed E-state index contributed by atoms with van der Waals surface area (Å²) in [7, 11) is 3.91. The quantitative estimate of drug-likeness (QED) is 0.493. The number of amides is 1. The van der Waals surface area contributed by atoms with E-state index in [1.165, 1.54) is 0 Å². The van der Waals surface area contributed by atoms with Gasteiger partial charge in [-0.05, 0) is 32.6 Å². The minimum atomic E-state index is -0.229. The van der Waals surface area contributed by atoms with Gasteiger partial charge in [-0.2, -0.15) is 0 Å². The van der Waals surface area contributed by atoms with Crippen LogP contribution in [0.1, 0.15) is 27.9 Å². The lowest BCUT2D eigenvalue weighted by molar-refractivity contribution is 0.0939. The van der Waals surface area contributed by atoms with E-state index in [-0.39, 0.29) is 11.7 Å². The average Bonchev–Trinajstić information content (AvgIpc) is 3.31. The Morgan fingerprint density at radius 3 is 2.55 bits per heavy atom. The molecule has 148 valence electrons. The zero-order valence-electron chi connectivity index (χ0n) is 16.6. The first-order chi connectivity index (χ1) is 13.9. The normalized spacial score (nSPS) is 11.4. The number of rotatable bonds is 6. The summed E-state index contributed by atoms with van der Waals surface area (Å²) in [6, 6.07) is 9.32. The molecule has 0 atom stereocenters. The number of fused-ring (bicyclic) bond motifs is 3. The summed E-state index contributed by atoms with van der Waals surface area (Å²) in [6.45, 7) is 2.83. The predicted octanol–water partition coefficient (Wildman–Crippen LogP) is 2.37. The summed E-state index contributed by atoms with van der Waals surface area (Å²) < 4.78 is 1.80. The van der Waals surface area contributed by atoms with Crippen LogP contribution in [0.15, 0.2) is 42.7 Å². The second-order valence-electron chi connectivity index (χ2n) is 7.21. The number of aromatic amines is 1. The summed E-state index contributed by atoms with van der Waals surface area (Å²) in [6.07, 6.45) is 3.33. The Morgan fingerprint density at radius 2 is 1.86 bits per heavy atom. The number of imidazole rings is 1. The van der Waals surface area contributed by atoms with Gasteiger partial charge in [-0.15, -0.1) is 0 Å². The summed E-state index contributed by atoms with van der Waals surface area (Å²) in [4.78, 5) is 38.2. The second kappa shape index (κ2) is 7.48. The maximum absolute atomic E-state index is 12.6. The minimum Gasteiger partial charge on any atom is -0.348 e. The molecule has 0 fully saturated rings. The Labute approximate surface area is 167 Å². The molecule has 0 unspecified atom stereocenters. The molecule has 4 rings (SSSR count). The van der Waals surface area contributed by atoms with E-state index in [9.17, 15) is 9.59 Å². The molecule has 0 spiro atoms. The van der Waals surface area contributed by atoms with Crippen LogP contribution < -0.4 is 5.32 Å². The molecule has 0 aliphatic carbocycles. The fourth-order valence-electron chi connectivity index (χ4n) is 3.21. The number of H-pyrrole nitrogens is 1. The van der Waals surface area contributed by atoms with E-state index in [0.717, 1.165) is 28.8 Å². The summed E-state index contributed by atoms with van der Waals surface area (Å²) in [5.41, 5.74) is 4.61. The molecule has 0 radical (unpaired) electrons. The van der Waals surface area contributed by atoms with Crippen molar-refractivity contribution >= 4 is 28.4 Å². The number of carbonyl (C=O) groups is 2. The summed E-state index contributed by atoms with van der Waals surface area (Å²) in [5, 5.41) is 2.90. The fourth-order valence-corrected chi connectivity index (χ4v) is 3.21. The number of aromatic nitrogens is 4. The lowest BCUT2D eigenvalue weighted by Gasteiger charge is -2.10. The lowest BCUT2D eigenvalue weighted by atomic mass is 10.1. The number of Topliss-reactive ketones (excluding diaryl/α,β-unsaturated/α-hetero) is 1. The first-order valence-electron chi connectivity index (χ1n) is 9.33. The molecule has 0 aliphatic heterocycles. The largest absolute Gasteiger partial charge is 0.348 e. The molecule has 8 nitrogen and oxygen atoms in total. The molecule has 29 heavy (non-hydrogen) atoms. The fraction of sp³-hybridized carbons (Fsp3) is 0.238. The third kappa shape index (κ3) is 3.62. The Bertz CT molecular complexity index is 1200. The number of hydrogen-bond acceptors (Lipinski definition) is 5. The van der Waals surface area contributed by atoms with Crippen molar-refractivity contribution in [3.05, 3.63) is 54.1 Å². The van der Waals surface area contributed by atoms with Crippen molar-refractivity contribution < 1.29 is 9.59 Å². The zero-order chi connectivity index (χ0) is 20.5. The van der Waals surface area contributed by atoms with Gasteiger partial charge in [0.2, 0.25) is 5.82 Å². The van der Waals surface area contributed by atoms with E-state index in [4.69, 9.17) is 0 Å². The van der Waals surface area contributed by atoms with Crippen molar-refractivity contribution in [2.45, 2.75) is 6.92 Å². The highest BCUT2D eigenvalue weighted by Crippen LogP contribution is 2.25. The SMILES string of the molecule is CC(=O)c1ccc(-c2cc3c(ncc4cnc(C(=O)NCCN(C)C)n43)[nH]2)cc1. The standard InChI is InChI=1S/C21H22N6O2/c1-13(28)14-4-6-15(7-5-14)17-10-18-19(25-17)23-11-16-12-24-20(27(16)18)21(29)22-8-9-26(2)3/h4-7,10-12,25H,8-9H2,1-3H3,(H,22,29). The van der Waals surface area contributed by atoms with E-state index in [0.29, 0.717) is 23.6 Å². The number of carbonyl (C=O) groups excluding carboxylic acids is 2. The number of hydrogen-bond donors (Lipinski definition) is 2. The second-order valence-corrected chi connectivity index (χ2v) is 7.21. The first kappa shape index (κ1) is 18.8. The maximum Gasteiger partial charge on any atom is 0.287 e. The van der Waals surface area contributed by atoms with Crippen LogP contribution in [0.2, 0.25) is 0 Å². The molecule has 0 saturated heterocycles. The smallest absolute Gasteiger partial charge is 0.287 e. The highest BCUT2D eigenvalue weighted by atomic mass is 16.2.